The third kappa shape index (κ3) is 4.99. The maximum atomic E-state index is 12.2. The highest BCUT2D eigenvalue weighted by molar-refractivity contribution is 5.93. The van der Waals surface area contributed by atoms with Crippen LogP contribution in [0.4, 0.5) is 16.2 Å². The lowest BCUT2D eigenvalue weighted by Crippen LogP contribution is -2.33. The smallest absolute Gasteiger partial charge is 0.319 e. The molecule has 2 amide bonds. The zero-order valence-electron chi connectivity index (χ0n) is 14.2. The molecule has 0 saturated heterocycles. The molecule has 0 radical (unpaired) electrons. The lowest BCUT2D eigenvalue weighted by Gasteiger charge is -2.20. The average Bonchev–Trinajstić information content (AvgIpc) is 2.59. The van der Waals surface area contributed by atoms with Gasteiger partial charge in [-0.05, 0) is 24.1 Å². The van der Waals surface area contributed by atoms with E-state index in [0.717, 1.165) is 16.9 Å². The molecular weight excluding hydrogens is 302 g/mol. The molecule has 1 unspecified atom stereocenters. The average molecular weight is 327 g/mol. The molecule has 24 heavy (non-hydrogen) atoms. The van der Waals surface area contributed by atoms with Gasteiger partial charge in [0, 0.05) is 33.2 Å². The van der Waals surface area contributed by atoms with Crippen molar-refractivity contribution < 1.29 is 9.90 Å². The van der Waals surface area contributed by atoms with Crippen LogP contribution in [-0.4, -0.2) is 38.4 Å². The summed E-state index contributed by atoms with van der Waals surface area (Å²) in [6.07, 6.45) is 0.610. The maximum absolute atomic E-state index is 12.2. The summed E-state index contributed by atoms with van der Waals surface area (Å²) < 4.78 is 0. The van der Waals surface area contributed by atoms with Crippen molar-refractivity contribution >= 4 is 17.4 Å². The van der Waals surface area contributed by atoms with E-state index in [4.69, 9.17) is 0 Å². The molecule has 0 aliphatic rings. The Bertz CT molecular complexity index is 644. The van der Waals surface area contributed by atoms with Gasteiger partial charge in [-0.25, -0.2) is 4.79 Å². The van der Waals surface area contributed by atoms with Gasteiger partial charge in [0.05, 0.1) is 11.4 Å². The van der Waals surface area contributed by atoms with Crippen molar-refractivity contribution in [2.45, 2.75) is 12.3 Å². The second kappa shape index (κ2) is 8.93. The number of aliphatic hydroxyl groups excluding tert-OH is 1. The van der Waals surface area contributed by atoms with Crippen LogP contribution in [0.2, 0.25) is 0 Å². The van der Waals surface area contributed by atoms with Crippen molar-refractivity contribution in [3.8, 4) is 0 Å². The second-order valence-electron chi connectivity index (χ2n) is 5.87. The molecule has 2 aromatic rings. The summed E-state index contributed by atoms with van der Waals surface area (Å²) in [5.41, 5.74) is 2.82. The van der Waals surface area contributed by atoms with Crippen LogP contribution in [0.25, 0.3) is 0 Å². The lowest BCUT2D eigenvalue weighted by molar-refractivity contribution is 0.248. The Morgan fingerprint density at radius 1 is 1.08 bits per heavy atom. The molecule has 2 aromatic carbocycles. The summed E-state index contributed by atoms with van der Waals surface area (Å²) in [5.74, 6) is 0.0889. The molecule has 3 N–H and O–H groups in total. The summed E-state index contributed by atoms with van der Waals surface area (Å²) in [4.78, 5) is 14.2. The molecule has 0 aromatic heterocycles. The van der Waals surface area contributed by atoms with Crippen molar-refractivity contribution in [1.29, 1.82) is 0 Å². The molecule has 0 bridgehead atoms. The molecular formula is C19H25N3O2. The number of aliphatic hydroxyl groups is 1. The molecule has 0 fully saturated rings. The monoisotopic (exact) mass is 327 g/mol. The van der Waals surface area contributed by atoms with E-state index in [1.54, 1.807) is 0 Å². The van der Waals surface area contributed by atoms with Crippen LogP contribution < -0.4 is 15.5 Å². The van der Waals surface area contributed by atoms with Gasteiger partial charge in [0.15, 0.2) is 0 Å². The first-order valence-electron chi connectivity index (χ1n) is 8.09. The van der Waals surface area contributed by atoms with E-state index in [-0.39, 0.29) is 18.6 Å². The number of amides is 2. The number of para-hydroxylation sites is 2. The summed E-state index contributed by atoms with van der Waals surface area (Å²) >= 11 is 0. The molecule has 0 aliphatic heterocycles. The van der Waals surface area contributed by atoms with Gasteiger partial charge in [-0.1, -0.05) is 42.5 Å². The number of carbonyl (C=O) groups is 1. The van der Waals surface area contributed by atoms with Crippen LogP contribution in [-0.2, 0) is 0 Å². The molecule has 0 heterocycles. The van der Waals surface area contributed by atoms with Gasteiger partial charge in [-0.15, -0.1) is 0 Å². The van der Waals surface area contributed by atoms with E-state index in [1.165, 1.54) is 0 Å². The minimum atomic E-state index is -0.247. The predicted molar refractivity (Wildman–Crippen MR) is 98.7 cm³/mol. The fraction of sp³-hybridized carbons (Fsp3) is 0.316. The zero-order valence-corrected chi connectivity index (χ0v) is 14.2. The highest BCUT2D eigenvalue weighted by Gasteiger charge is 2.13. The van der Waals surface area contributed by atoms with Gasteiger partial charge in [0.25, 0.3) is 0 Å². The summed E-state index contributed by atoms with van der Waals surface area (Å²) in [5, 5.41) is 15.0. The first-order valence-corrected chi connectivity index (χ1v) is 8.09. The molecule has 0 saturated carbocycles. The molecule has 5 nitrogen and oxygen atoms in total. The Hall–Kier alpha value is -2.53. The lowest BCUT2D eigenvalue weighted by atomic mass is 9.96. The van der Waals surface area contributed by atoms with E-state index >= 15 is 0 Å². The summed E-state index contributed by atoms with van der Waals surface area (Å²) in [7, 11) is 3.87. The third-order valence-corrected chi connectivity index (χ3v) is 3.89. The van der Waals surface area contributed by atoms with Gasteiger partial charge in [0.1, 0.15) is 0 Å². The maximum Gasteiger partial charge on any atom is 0.319 e. The van der Waals surface area contributed by atoms with Crippen molar-refractivity contribution in [1.82, 2.24) is 5.32 Å². The van der Waals surface area contributed by atoms with E-state index < -0.39 is 0 Å². The highest BCUT2D eigenvalue weighted by atomic mass is 16.3. The van der Waals surface area contributed by atoms with E-state index in [0.29, 0.717) is 13.0 Å². The molecule has 0 aliphatic carbocycles. The standard InChI is InChI=1S/C19H25N3O2/c1-22(2)18-11-7-6-10-17(18)21-19(24)20-14-16(12-13-23)15-8-4-3-5-9-15/h3-11,16,23H,12-14H2,1-2H3,(H2,20,21,24). The van der Waals surface area contributed by atoms with Gasteiger partial charge < -0.3 is 20.6 Å². The predicted octanol–water partition coefficient (Wildman–Crippen LogP) is 3.04. The highest BCUT2D eigenvalue weighted by Crippen LogP contribution is 2.23. The topological polar surface area (TPSA) is 64.6 Å². The van der Waals surface area contributed by atoms with E-state index in [2.05, 4.69) is 10.6 Å². The normalized spacial score (nSPS) is 11.6. The molecule has 5 heteroatoms. The van der Waals surface area contributed by atoms with E-state index in [1.807, 2.05) is 73.6 Å². The molecule has 2 rings (SSSR count). The number of anilines is 2. The van der Waals surface area contributed by atoms with Crippen LogP contribution in [0, 0.1) is 0 Å². The number of hydrogen-bond acceptors (Lipinski definition) is 3. The number of nitrogens with one attached hydrogen (secondary N) is 2. The van der Waals surface area contributed by atoms with Crippen molar-refractivity contribution in [3.63, 3.8) is 0 Å². The van der Waals surface area contributed by atoms with Crippen molar-refractivity contribution in [2.75, 3.05) is 37.5 Å². The first-order chi connectivity index (χ1) is 11.6. The molecule has 1 atom stereocenters. The number of benzene rings is 2. The second-order valence-corrected chi connectivity index (χ2v) is 5.87. The van der Waals surface area contributed by atoms with Gasteiger partial charge in [0.2, 0.25) is 0 Å². The van der Waals surface area contributed by atoms with E-state index in [9.17, 15) is 9.90 Å². The Morgan fingerprint density at radius 2 is 1.75 bits per heavy atom. The Labute approximate surface area is 143 Å². The van der Waals surface area contributed by atoms with Crippen LogP contribution >= 0.6 is 0 Å². The van der Waals surface area contributed by atoms with Crippen molar-refractivity contribution in [3.05, 3.63) is 60.2 Å². The van der Waals surface area contributed by atoms with Gasteiger partial charge in [-0.2, -0.15) is 0 Å². The van der Waals surface area contributed by atoms with Gasteiger partial charge in [-0.3, -0.25) is 0 Å². The fourth-order valence-electron chi connectivity index (χ4n) is 2.62. The van der Waals surface area contributed by atoms with Crippen LogP contribution in [0.1, 0.15) is 17.9 Å². The largest absolute Gasteiger partial charge is 0.396 e. The third-order valence-electron chi connectivity index (χ3n) is 3.89. The summed E-state index contributed by atoms with van der Waals surface area (Å²) in [6, 6.07) is 17.3. The quantitative estimate of drug-likeness (QED) is 0.732. The van der Waals surface area contributed by atoms with Crippen LogP contribution in [0.3, 0.4) is 0 Å². The number of urea groups is 1. The summed E-state index contributed by atoms with van der Waals surface area (Å²) in [6.45, 7) is 0.562. The molecule has 0 spiro atoms. The molecule has 128 valence electrons. The number of nitrogens with zero attached hydrogens (tertiary/aromatic N) is 1. The fourth-order valence-corrected chi connectivity index (χ4v) is 2.62. The Morgan fingerprint density at radius 3 is 2.42 bits per heavy atom. The van der Waals surface area contributed by atoms with Crippen molar-refractivity contribution in [2.24, 2.45) is 0 Å². The van der Waals surface area contributed by atoms with Gasteiger partial charge >= 0.3 is 6.03 Å². The minimum Gasteiger partial charge on any atom is -0.396 e. The number of carbonyl (C=O) groups excluding carboxylic acids is 1. The number of rotatable bonds is 7. The van der Waals surface area contributed by atoms with Crippen LogP contribution in [0.15, 0.2) is 54.6 Å². The number of hydrogen-bond donors (Lipinski definition) is 3. The van der Waals surface area contributed by atoms with Crippen LogP contribution in [0.5, 0.6) is 0 Å². The SMILES string of the molecule is CN(C)c1ccccc1NC(=O)NCC(CCO)c1ccccc1. The Kier molecular flexibility index (Phi) is 6.63. The Balaban J connectivity index is 1.97. The minimum absolute atomic E-state index is 0.0889. The zero-order chi connectivity index (χ0) is 17.4. The first kappa shape index (κ1) is 17.8.